The van der Waals surface area contributed by atoms with Crippen molar-refractivity contribution in [1.82, 2.24) is 14.9 Å². The van der Waals surface area contributed by atoms with Gasteiger partial charge in [-0.1, -0.05) is 0 Å². The van der Waals surface area contributed by atoms with Gasteiger partial charge in [0.05, 0.1) is 13.2 Å². The summed E-state index contributed by atoms with van der Waals surface area (Å²) in [7, 11) is 1.49. The summed E-state index contributed by atoms with van der Waals surface area (Å²) in [4.78, 5) is 38.3. The van der Waals surface area contributed by atoms with Gasteiger partial charge in [0.2, 0.25) is 11.8 Å². The number of amides is 2. The number of ether oxygens (including phenoxy) is 2. The predicted molar refractivity (Wildman–Crippen MR) is 88.2 cm³/mol. The number of carbonyl (C=O) groups is 2. The van der Waals surface area contributed by atoms with E-state index < -0.39 is 36.8 Å². The molecule has 11 heteroatoms. The van der Waals surface area contributed by atoms with E-state index in [0.29, 0.717) is 0 Å². The maximum atomic E-state index is 12.2. The average Bonchev–Trinajstić information content (AvgIpc) is 2.90. The molecule has 1 aromatic heterocycles. The Morgan fingerprint density at radius 1 is 1.46 bits per heavy atom. The van der Waals surface area contributed by atoms with Crippen LogP contribution in [0.2, 0.25) is 0 Å². The molecule has 0 saturated carbocycles. The summed E-state index contributed by atoms with van der Waals surface area (Å²) in [5.41, 5.74) is -0.730. The number of aliphatic hydroxyl groups is 2. The van der Waals surface area contributed by atoms with Gasteiger partial charge in [-0.05, 0) is 6.07 Å². The second-order valence-corrected chi connectivity index (χ2v) is 5.68. The molecule has 4 atom stereocenters. The molecule has 0 radical (unpaired) electrons. The third-order valence-electron chi connectivity index (χ3n) is 3.82. The lowest BCUT2D eigenvalue weighted by atomic mass is 10.1. The van der Waals surface area contributed by atoms with Crippen LogP contribution in [0.3, 0.4) is 0 Å². The zero-order chi connectivity index (χ0) is 19.3. The molecule has 2 amide bonds. The first-order valence-electron chi connectivity index (χ1n) is 8.00. The van der Waals surface area contributed by atoms with Crippen molar-refractivity contribution in [2.75, 3.05) is 25.6 Å². The molecular weight excluding hydrogens is 348 g/mol. The molecule has 1 aliphatic heterocycles. The van der Waals surface area contributed by atoms with Gasteiger partial charge < -0.3 is 30.3 Å². The number of nitrogens with one attached hydrogen (secondary N) is 2. The monoisotopic (exact) mass is 370 g/mol. The Bertz CT molecular complexity index is 707. The van der Waals surface area contributed by atoms with Gasteiger partial charge in [-0.25, -0.2) is 4.79 Å². The summed E-state index contributed by atoms with van der Waals surface area (Å²) in [6, 6.07) is 1.40. The highest BCUT2D eigenvalue weighted by Crippen LogP contribution is 2.30. The normalized spacial score (nSPS) is 25.1. The topological polar surface area (TPSA) is 152 Å². The van der Waals surface area contributed by atoms with E-state index in [1.54, 1.807) is 0 Å². The molecule has 0 aromatic carbocycles. The summed E-state index contributed by atoms with van der Waals surface area (Å²) in [5.74, 6) is -0.543. The average molecular weight is 370 g/mol. The molecule has 1 aliphatic rings. The van der Waals surface area contributed by atoms with Crippen molar-refractivity contribution < 1.29 is 29.3 Å². The zero-order valence-electron chi connectivity index (χ0n) is 14.4. The standard InChI is InChI=1S/C15H22N4O7/c1-8(21)17-10-3-5-19(15(24)18-10)14-13(12(23)9(7-20)26-14)25-6-4-11(22)16-2/h3,5,9,12-14,20,23H,4,6-7H2,1-2H3,(H,16,22)(H,17,18,21,24)/t9-,12?,13+,14-/m1/s1. The minimum absolute atomic E-state index is 0.00837. The number of carbonyl (C=O) groups excluding carboxylic acids is 2. The molecule has 2 heterocycles. The van der Waals surface area contributed by atoms with Crippen molar-refractivity contribution in [3.8, 4) is 0 Å². The van der Waals surface area contributed by atoms with Crippen LogP contribution < -0.4 is 16.3 Å². The van der Waals surface area contributed by atoms with Crippen LogP contribution in [0.15, 0.2) is 17.1 Å². The van der Waals surface area contributed by atoms with Crippen molar-refractivity contribution >= 4 is 17.6 Å². The molecule has 144 valence electrons. The van der Waals surface area contributed by atoms with Crippen molar-refractivity contribution in [1.29, 1.82) is 0 Å². The minimum atomic E-state index is -1.20. The Balaban J connectivity index is 2.19. The molecule has 1 fully saturated rings. The summed E-state index contributed by atoms with van der Waals surface area (Å²) < 4.78 is 12.1. The molecule has 11 nitrogen and oxygen atoms in total. The number of hydrogen-bond acceptors (Lipinski definition) is 8. The number of rotatable bonds is 7. The molecule has 1 saturated heterocycles. The smallest absolute Gasteiger partial charge is 0.351 e. The fourth-order valence-corrected chi connectivity index (χ4v) is 2.54. The van der Waals surface area contributed by atoms with Gasteiger partial charge in [-0.3, -0.25) is 14.2 Å². The molecule has 0 spiro atoms. The van der Waals surface area contributed by atoms with Crippen LogP contribution >= 0.6 is 0 Å². The van der Waals surface area contributed by atoms with Crippen LogP contribution in [0.1, 0.15) is 19.6 Å². The molecule has 2 rings (SSSR count). The van der Waals surface area contributed by atoms with Crippen LogP contribution in [0.5, 0.6) is 0 Å². The molecule has 1 aromatic rings. The van der Waals surface area contributed by atoms with Gasteiger partial charge >= 0.3 is 5.69 Å². The molecule has 1 unspecified atom stereocenters. The number of nitrogens with zero attached hydrogens (tertiary/aromatic N) is 2. The van der Waals surface area contributed by atoms with Gasteiger partial charge in [0, 0.05) is 26.6 Å². The number of aliphatic hydroxyl groups excluding tert-OH is 2. The number of hydrogen-bond donors (Lipinski definition) is 4. The molecule has 26 heavy (non-hydrogen) atoms. The van der Waals surface area contributed by atoms with Crippen molar-refractivity contribution in [2.45, 2.75) is 37.9 Å². The van der Waals surface area contributed by atoms with Gasteiger partial charge in [-0.15, -0.1) is 0 Å². The summed E-state index contributed by atoms with van der Waals surface area (Å²) >= 11 is 0. The summed E-state index contributed by atoms with van der Waals surface area (Å²) in [5, 5.41) is 24.4. The van der Waals surface area contributed by atoms with Crippen LogP contribution in [0.4, 0.5) is 5.82 Å². The number of anilines is 1. The van der Waals surface area contributed by atoms with Gasteiger partial charge in [0.1, 0.15) is 24.1 Å². The quantitative estimate of drug-likeness (QED) is 0.429. The molecular formula is C15H22N4O7. The molecule has 0 aliphatic carbocycles. The Labute approximate surface area is 148 Å². The largest absolute Gasteiger partial charge is 0.394 e. The van der Waals surface area contributed by atoms with E-state index >= 15 is 0 Å². The van der Waals surface area contributed by atoms with Crippen molar-refractivity contribution in [3.63, 3.8) is 0 Å². The van der Waals surface area contributed by atoms with Crippen molar-refractivity contribution in [3.05, 3.63) is 22.7 Å². The van der Waals surface area contributed by atoms with Gasteiger partial charge in [0.15, 0.2) is 6.23 Å². The van der Waals surface area contributed by atoms with Crippen LogP contribution in [0, 0.1) is 0 Å². The van der Waals surface area contributed by atoms with Gasteiger partial charge in [-0.2, -0.15) is 4.98 Å². The van der Waals surface area contributed by atoms with E-state index in [9.17, 15) is 24.6 Å². The number of aromatic nitrogens is 2. The Hall–Kier alpha value is -2.34. The van der Waals surface area contributed by atoms with E-state index in [2.05, 4.69) is 15.6 Å². The van der Waals surface area contributed by atoms with E-state index in [1.165, 1.54) is 26.2 Å². The first kappa shape index (κ1) is 20.0. The SMILES string of the molecule is CNC(=O)CCO[C@H]1C(O)[C@@H](CO)O[C@H]1n1ccc(NC(C)=O)nc1=O. The predicted octanol–water partition coefficient (Wildman–Crippen LogP) is -2.03. The second-order valence-electron chi connectivity index (χ2n) is 5.68. The fourth-order valence-electron chi connectivity index (χ4n) is 2.54. The lowest BCUT2D eigenvalue weighted by Crippen LogP contribution is -2.38. The van der Waals surface area contributed by atoms with Crippen LogP contribution in [-0.2, 0) is 19.1 Å². The first-order valence-corrected chi connectivity index (χ1v) is 8.00. The lowest BCUT2D eigenvalue weighted by molar-refractivity contribution is -0.124. The Morgan fingerprint density at radius 3 is 2.77 bits per heavy atom. The van der Waals surface area contributed by atoms with E-state index in [0.717, 1.165) is 4.57 Å². The second kappa shape index (κ2) is 8.85. The van der Waals surface area contributed by atoms with Gasteiger partial charge in [0.25, 0.3) is 0 Å². The highest BCUT2D eigenvalue weighted by Gasteiger charge is 2.45. The van der Waals surface area contributed by atoms with E-state index in [1.807, 2.05) is 0 Å². The molecule has 4 N–H and O–H groups in total. The first-order chi connectivity index (χ1) is 12.4. The van der Waals surface area contributed by atoms with Crippen molar-refractivity contribution in [2.24, 2.45) is 0 Å². The Morgan fingerprint density at radius 2 is 2.19 bits per heavy atom. The maximum absolute atomic E-state index is 12.2. The summed E-state index contributed by atoms with van der Waals surface area (Å²) in [6.07, 6.45) is -2.78. The van der Waals surface area contributed by atoms with E-state index in [4.69, 9.17) is 9.47 Å². The highest BCUT2D eigenvalue weighted by molar-refractivity contribution is 5.87. The van der Waals surface area contributed by atoms with E-state index in [-0.39, 0.29) is 30.7 Å². The maximum Gasteiger partial charge on any atom is 0.351 e. The Kier molecular flexibility index (Phi) is 6.80. The third-order valence-corrected chi connectivity index (χ3v) is 3.82. The lowest BCUT2D eigenvalue weighted by Gasteiger charge is -2.22. The zero-order valence-corrected chi connectivity index (χ0v) is 14.4. The minimum Gasteiger partial charge on any atom is -0.394 e. The highest BCUT2D eigenvalue weighted by atomic mass is 16.6. The van der Waals surface area contributed by atoms with Crippen LogP contribution in [0.25, 0.3) is 0 Å². The molecule has 0 bridgehead atoms. The van der Waals surface area contributed by atoms with Crippen LogP contribution in [-0.4, -0.2) is 70.2 Å². The summed E-state index contributed by atoms with van der Waals surface area (Å²) in [6.45, 7) is 0.802. The fraction of sp³-hybridized carbons (Fsp3) is 0.600. The third kappa shape index (κ3) is 4.64.